The number of esters is 2. The minimum Gasteiger partial charge on any atom is -0.375 e. The van der Waals surface area contributed by atoms with Crippen LogP contribution >= 0.6 is 11.3 Å². The minimum absolute atomic E-state index is 0.0310. The summed E-state index contributed by atoms with van der Waals surface area (Å²) in [5, 5.41) is 25.9. The number of hydrogen-bond acceptors (Lipinski definition) is 17. The van der Waals surface area contributed by atoms with Crippen LogP contribution in [0.4, 0.5) is 26.1 Å². The van der Waals surface area contributed by atoms with Gasteiger partial charge < -0.3 is 37.3 Å². The number of thiazole rings is 1. The van der Waals surface area contributed by atoms with Crippen molar-refractivity contribution < 1.29 is 48.1 Å². The van der Waals surface area contributed by atoms with Crippen molar-refractivity contribution in [2.24, 2.45) is 28.9 Å². The van der Waals surface area contributed by atoms with Crippen LogP contribution in [-0.4, -0.2) is 108 Å². The smallest absolute Gasteiger partial charge is 0.375 e. The van der Waals surface area contributed by atoms with E-state index in [4.69, 9.17) is 37.4 Å². The van der Waals surface area contributed by atoms with Crippen molar-refractivity contribution >= 4 is 63.8 Å². The van der Waals surface area contributed by atoms with E-state index in [0.29, 0.717) is 54.8 Å². The van der Waals surface area contributed by atoms with Gasteiger partial charge in [0.25, 0.3) is 23.2 Å². The molecule has 11 rings (SSSR count). The van der Waals surface area contributed by atoms with Gasteiger partial charge in [0.2, 0.25) is 11.1 Å². The fraction of sp³-hybridized carbons (Fsp3) is 0.553. The molecule has 23 heteroatoms. The highest BCUT2D eigenvalue weighted by Crippen LogP contribution is 2.59. The number of primary amides is 4. The molecule has 4 heterocycles. The summed E-state index contributed by atoms with van der Waals surface area (Å²) in [5.41, 5.74) is 15.3. The number of fused-ring (bicyclic) bond motifs is 7. The molecule has 3 aromatic rings. The Bertz CT molecular complexity index is 2780. The maximum absolute atomic E-state index is 15.0. The molecule has 4 amide bonds. The van der Waals surface area contributed by atoms with Gasteiger partial charge in [0.05, 0.1) is 21.1 Å². The van der Waals surface area contributed by atoms with E-state index in [2.05, 4.69) is 4.90 Å². The largest absolute Gasteiger partial charge is 0.412 e. The van der Waals surface area contributed by atoms with Gasteiger partial charge in [-0.05, 0) is 94.6 Å². The number of likely N-dealkylation sites (tertiary alicyclic amines) is 2. The Balaban J connectivity index is 1.25. The van der Waals surface area contributed by atoms with Crippen molar-refractivity contribution in [3.05, 3.63) is 89.5 Å². The third-order valence-corrected chi connectivity index (χ3v) is 18.3. The summed E-state index contributed by atoms with van der Waals surface area (Å²) in [4.78, 5) is 120. The summed E-state index contributed by atoms with van der Waals surface area (Å²) < 4.78 is 10.4. The van der Waals surface area contributed by atoms with E-state index >= 15 is 4.79 Å². The van der Waals surface area contributed by atoms with Crippen molar-refractivity contribution in [3.63, 3.8) is 0 Å². The summed E-state index contributed by atoms with van der Waals surface area (Å²) in [5.74, 6) is -5.57. The fourth-order valence-corrected chi connectivity index (χ4v) is 15.6. The average Bonchev–Trinajstić information content (AvgIpc) is 4.10. The van der Waals surface area contributed by atoms with E-state index in [-0.39, 0.29) is 54.4 Å². The number of carbonyl (C=O) groups excluding carboxylic acids is 6. The lowest BCUT2D eigenvalue weighted by Crippen LogP contribution is -2.78. The van der Waals surface area contributed by atoms with E-state index in [9.17, 15) is 44.2 Å². The molecule has 3 saturated heterocycles. The van der Waals surface area contributed by atoms with Crippen LogP contribution in [0.15, 0.2) is 36.4 Å². The van der Waals surface area contributed by atoms with Gasteiger partial charge in [-0.1, -0.05) is 45.0 Å². The molecule has 3 aliphatic heterocycles. The molecule has 0 spiro atoms. The van der Waals surface area contributed by atoms with Crippen LogP contribution in [0.1, 0.15) is 105 Å². The van der Waals surface area contributed by atoms with E-state index < -0.39 is 91.4 Å². The SMILES string of the molecule is CC1CC(C2CCCN2[C@@](C(N)=O)(C(=O)OC(N)=O)C2(C)Cc3ccc2c([N+](=O)[O-])c3)N(c2nc3c(s2)CCCC3)[C@@]1(C)C1CCCN1[C@@](C(N)=O)(C(=O)OC(N)=O)C1(C)Cc2ccc1c([N+](=O)[O-])c2. The van der Waals surface area contributed by atoms with Gasteiger partial charge >= 0.3 is 24.1 Å². The highest BCUT2D eigenvalue weighted by atomic mass is 32.1. The third kappa shape index (κ3) is 6.59. The third-order valence-electron chi connectivity index (χ3n) is 17.1. The van der Waals surface area contributed by atoms with Gasteiger partial charge in [-0.25, -0.2) is 24.2 Å². The molecule has 1 aromatic heterocycles. The van der Waals surface area contributed by atoms with Gasteiger partial charge in [0.1, 0.15) is 0 Å². The Morgan fingerprint density at radius 1 is 0.729 bits per heavy atom. The zero-order valence-corrected chi connectivity index (χ0v) is 40.1. The van der Waals surface area contributed by atoms with E-state index in [1.54, 1.807) is 21.9 Å². The van der Waals surface area contributed by atoms with Crippen LogP contribution < -0.4 is 27.8 Å². The second-order valence-electron chi connectivity index (χ2n) is 20.4. The van der Waals surface area contributed by atoms with Crippen LogP contribution in [0.5, 0.6) is 0 Å². The second kappa shape index (κ2) is 16.8. The van der Waals surface area contributed by atoms with Crippen molar-refractivity contribution in [2.75, 3.05) is 18.0 Å². The minimum atomic E-state index is -2.57. The molecule has 0 saturated carbocycles. The first-order valence-electron chi connectivity index (χ1n) is 23.5. The fourth-order valence-electron chi connectivity index (χ4n) is 14.2. The molecule has 0 radical (unpaired) electrons. The Hall–Kier alpha value is -6.59. The number of aryl methyl sites for hydroxylation is 2. The molecule has 9 atom stereocenters. The number of nitro groups is 2. The maximum atomic E-state index is 15.0. The van der Waals surface area contributed by atoms with Crippen LogP contribution in [0, 0.1) is 26.1 Å². The number of nitrogens with two attached hydrogens (primary N) is 4. The molecule has 4 bridgehead atoms. The summed E-state index contributed by atoms with van der Waals surface area (Å²) >= 11 is 1.49. The molecular weight excluding hydrogens is 929 g/mol. The number of amides is 4. The summed E-state index contributed by atoms with van der Waals surface area (Å²) in [6.45, 7) is 7.16. The highest BCUT2D eigenvalue weighted by molar-refractivity contribution is 7.15. The maximum Gasteiger partial charge on any atom is 0.412 e. The second-order valence-corrected chi connectivity index (χ2v) is 21.5. The van der Waals surface area contributed by atoms with Gasteiger partial charge in [0, 0.05) is 70.2 Å². The lowest BCUT2D eigenvalue weighted by atomic mass is 9.58. The number of benzene rings is 2. The average molecular weight is 985 g/mol. The van der Waals surface area contributed by atoms with Gasteiger partial charge in [0.15, 0.2) is 5.13 Å². The molecule has 372 valence electrons. The molecule has 2 aromatic carbocycles. The molecule has 8 N–H and O–H groups in total. The van der Waals surface area contributed by atoms with Crippen molar-refractivity contribution in [2.45, 2.75) is 144 Å². The molecule has 5 aliphatic carbocycles. The van der Waals surface area contributed by atoms with Gasteiger partial charge in [-0.3, -0.25) is 39.6 Å². The van der Waals surface area contributed by atoms with E-state index in [1.807, 2.05) is 13.8 Å². The number of nitro benzene ring substituents is 2. The lowest BCUT2D eigenvalue weighted by Gasteiger charge is -2.57. The zero-order valence-electron chi connectivity index (χ0n) is 39.3. The first kappa shape index (κ1) is 48.4. The Labute approximate surface area is 405 Å². The Morgan fingerprint density at radius 3 is 1.71 bits per heavy atom. The van der Waals surface area contributed by atoms with Crippen LogP contribution in [0.25, 0.3) is 0 Å². The van der Waals surface area contributed by atoms with Gasteiger partial charge in [-0.2, -0.15) is 0 Å². The molecule has 6 unspecified atom stereocenters. The summed E-state index contributed by atoms with van der Waals surface area (Å²) in [6.07, 6.45) is 1.99. The number of nitrogens with zero attached hydrogens (tertiary/aromatic N) is 6. The van der Waals surface area contributed by atoms with Crippen LogP contribution in [0.2, 0.25) is 0 Å². The topological polar surface area (TPSA) is 334 Å². The van der Waals surface area contributed by atoms with E-state index in [1.165, 1.54) is 49.4 Å². The quantitative estimate of drug-likeness (QED) is 0.0824. The van der Waals surface area contributed by atoms with Crippen molar-refractivity contribution in [3.8, 4) is 0 Å². The number of hydrogen-bond donors (Lipinski definition) is 4. The summed E-state index contributed by atoms with van der Waals surface area (Å²) in [7, 11) is 0. The van der Waals surface area contributed by atoms with Crippen LogP contribution in [-0.2, 0) is 65.2 Å². The predicted molar refractivity (Wildman–Crippen MR) is 250 cm³/mol. The Kier molecular flexibility index (Phi) is 11.6. The number of aromatic nitrogens is 1. The first-order chi connectivity index (χ1) is 33.0. The highest BCUT2D eigenvalue weighted by Gasteiger charge is 2.73. The summed E-state index contributed by atoms with van der Waals surface area (Å²) in [6, 6.07) is 6.79. The number of anilines is 1. The normalized spacial score (nSPS) is 29.7. The van der Waals surface area contributed by atoms with Gasteiger partial charge in [-0.15, -0.1) is 11.3 Å². The van der Waals surface area contributed by atoms with Crippen LogP contribution in [0.3, 0.4) is 0 Å². The van der Waals surface area contributed by atoms with Crippen molar-refractivity contribution in [1.82, 2.24) is 14.8 Å². The lowest BCUT2D eigenvalue weighted by molar-refractivity contribution is -0.386. The zero-order chi connectivity index (χ0) is 50.6. The number of rotatable bonds is 13. The standard InChI is InChI=1S/C47H56N10O12S/c1-24-19-33(30-10-7-17-53(30)46(36(48)58,38(60)68-40(50)62)43(2)22-25-13-15-27(43)31(20-25)56(64)65)55(42-52-29-9-5-6-11-34(29)70-42)45(24,4)35-12-8-18-54(35)47(37(49)59,39(61)69-41(51)63)44(3)23-26-14-16-28(44)32(21-26)57(66)67/h13-16,20-21,24,30,33,35H,5-12,17-19,22-23H2,1-4H3,(H2,48,58)(H2,49,59)(H2,50,62)(H2,51,63)/t24?,30?,33?,35?,43?,44?,45-,46+,47+/m1/s1. The molecule has 70 heavy (non-hydrogen) atoms. The Morgan fingerprint density at radius 2 is 1.23 bits per heavy atom. The predicted octanol–water partition coefficient (Wildman–Crippen LogP) is 3.46. The first-order valence-corrected chi connectivity index (χ1v) is 24.3. The van der Waals surface area contributed by atoms with E-state index in [0.717, 1.165) is 29.8 Å². The molecule has 22 nitrogen and oxygen atoms in total. The van der Waals surface area contributed by atoms with Crippen molar-refractivity contribution in [1.29, 1.82) is 0 Å². The molecule has 8 aliphatic rings. The monoisotopic (exact) mass is 984 g/mol. The number of ether oxygens (including phenoxy) is 2. The number of carbonyl (C=O) groups is 6. The molecule has 3 fully saturated rings. The molecular formula is C47H56N10O12S.